The zero-order chi connectivity index (χ0) is 10.8. The lowest BCUT2D eigenvalue weighted by atomic mass is 10.0. The number of hydrogen-bond acceptors (Lipinski definition) is 2. The Labute approximate surface area is 102 Å². The van der Waals surface area contributed by atoms with Gasteiger partial charge in [0.1, 0.15) is 0 Å². The molecule has 1 unspecified atom stereocenters. The Balaban J connectivity index is 2.42. The van der Waals surface area contributed by atoms with E-state index in [1.165, 1.54) is 16.0 Å². The number of nitrogens with two attached hydrogens (primary N) is 1. The van der Waals surface area contributed by atoms with Crippen LogP contribution < -0.4 is 5.73 Å². The fraction of sp³-hybridized carbons (Fsp3) is 0.167. The second-order valence-electron chi connectivity index (χ2n) is 3.45. The van der Waals surface area contributed by atoms with E-state index in [0.29, 0.717) is 0 Å². The van der Waals surface area contributed by atoms with Gasteiger partial charge in [-0.25, -0.2) is 0 Å². The Hall–Kier alpha value is -0.640. The van der Waals surface area contributed by atoms with Gasteiger partial charge >= 0.3 is 0 Å². The van der Waals surface area contributed by atoms with Gasteiger partial charge in [-0.05, 0) is 35.6 Å². The molecule has 1 heterocycles. The minimum absolute atomic E-state index is 0.0116. The standard InChI is InChI=1S/C12H12BrNS/c1-8-9(4-2-5-10(8)13)12(14)11-6-3-7-15-11/h2-7,12H,14H2,1H3. The van der Waals surface area contributed by atoms with Crippen LogP contribution in [0.4, 0.5) is 0 Å². The Morgan fingerprint density at radius 3 is 2.73 bits per heavy atom. The van der Waals surface area contributed by atoms with Gasteiger partial charge in [-0.3, -0.25) is 0 Å². The van der Waals surface area contributed by atoms with Crippen LogP contribution in [0.5, 0.6) is 0 Å². The first kappa shape index (κ1) is 10.9. The van der Waals surface area contributed by atoms with Gasteiger partial charge in [0.2, 0.25) is 0 Å². The maximum atomic E-state index is 6.22. The van der Waals surface area contributed by atoms with Crippen LogP contribution in [-0.4, -0.2) is 0 Å². The van der Waals surface area contributed by atoms with Crippen molar-refractivity contribution in [2.24, 2.45) is 5.73 Å². The number of hydrogen-bond donors (Lipinski definition) is 1. The highest BCUT2D eigenvalue weighted by molar-refractivity contribution is 9.10. The lowest BCUT2D eigenvalue weighted by molar-refractivity contribution is 0.881. The molecule has 0 saturated heterocycles. The number of halogens is 1. The molecule has 3 heteroatoms. The summed E-state index contributed by atoms with van der Waals surface area (Å²) in [7, 11) is 0. The van der Waals surface area contributed by atoms with Crippen LogP contribution in [0, 0.1) is 6.92 Å². The summed E-state index contributed by atoms with van der Waals surface area (Å²) in [5.41, 5.74) is 8.63. The molecule has 1 nitrogen and oxygen atoms in total. The number of benzene rings is 1. The van der Waals surface area contributed by atoms with E-state index in [-0.39, 0.29) is 6.04 Å². The molecule has 1 aromatic heterocycles. The molecule has 2 rings (SSSR count). The van der Waals surface area contributed by atoms with Crippen molar-refractivity contribution in [1.29, 1.82) is 0 Å². The van der Waals surface area contributed by atoms with Gasteiger partial charge in [-0.1, -0.05) is 34.1 Å². The van der Waals surface area contributed by atoms with E-state index in [0.717, 1.165) is 4.47 Å². The first-order chi connectivity index (χ1) is 7.20. The van der Waals surface area contributed by atoms with Crippen LogP contribution in [0.15, 0.2) is 40.2 Å². The lowest BCUT2D eigenvalue weighted by Crippen LogP contribution is -2.11. The first-order valence-electron chi connectivity index (χ1n) is 4.74. The molecule has 0 bridgehead atoms. The normalized spacial score (nSPS) is 12.7. The highest BCUT2D eigenvalue weighted by Gasteiger charge is 2.13. The minimum atomic E-state index is -0.0116. The molecule has 15 heavy (non-hydrogen) atoms. The topological polar surface area (TPSA) is 26.0 Å². The van der Waals surface area contributed by atoms with E-state index in [1.54, 1.807) is 11.3 Å². The van der Waals surface area contributed by atoms with Crippen molar-refractivity contribution >= 4 is 27.3 Å². The summed E-state index contributed by atoms with van der Waals surface area (Å²) in [4.78, 5) is 1.20. The molecule has 1 atom stereocenters. The molecule has 78 valence electrons. The van der Waals surface area contributed by atoms with Gasteiger partial charge in [0.05, 0.1) is 6.04 Å². The van der Waals surface area contributed by atoms with Crippen molar-refractivity contribution in [3.63, 3.8) is 0 Å². The molecule has 0 aliphatic rings. The third-order valence-corrected chi connectivity index (χ3v) is 4.31. The maximum absolute atomic E-state index is 6.22. The van der Waals surface area contributed by atoms with Gasteiger partial charge in [0.15, 0.2) is 0 Å². The predicted molar refractivity (Wildman–Crippen MR) is 69.2 cm³/mol. The average molecular weight is 282 g/mol. The van der Waals surface area contributed by atoms with Crippen LogP contribution in [0.3, 0.4) is 0 Å². The molecular weight excluding hydrogens is 270 g/mol. The Kier molecular flexibility index (Phi) is 3.24. The van der Waals surface area contributed by atoms with Gasteiger partial charge in [-0.15, -0.1) is 11.3 Å². The second kappa shape index (κ2) is 4.47. The van der Waals surface area contributed by atoms with Crippen LogP contribution in [0.1, 0.15) is 22.0 Å². The van der Waals surface area contributed by atoms with Crippen LogP contribution in [0.25, 0.3) is 0 Å². The molecule has 0 radical (unpaired) electrons. The summed E-state index contributed by atoms with van der Waals surface area (Å²) < 4.78 is 1.12. The van der Waals surface area contributed by atoms with Gasteiger partial charge < -0.3 is 5.73 Å². The van der Waals surface area contributed by atoms with Crippen molar-refractivity contribution in [1.82, 2.24) is 0 Å². The monoisotopic (exact) mass is 281 g/mol. The van der Waals surface area contributed by atoms with E-state index in [4.69, 9.17) is 5.73 Å². The summed E-state index contributed by atoms with van der Waals surface area (Å²) in [5.74, 6) is 0. The summed E-state index contributed by atoms with van der Waals surface area (Å²) in [6.07, 6.45) is 0. The summed E-state index contributed by atoms with van der Waals surface area (Å²) in [6, 6.07) is 10.3. The van der Waals surface area contributed by atoms with Gasteiger partial charge in [0, 0.05) is 9.35 Å². The zero-order valence-electron chi connectivity index (χ0n) is 8.41. The van der Waals surface area contributed by atoms with E-state index in [1.807, 2.05) is 18.2 Å². The van der Waals surface area contributed by atoms with Crippen molar-refractivity contribution in [3.05, 3.63) is 56.2 Å². The van der Waals surface area contributed by atoms with Crippen LogP contribution in [0.2, 0.25) is 0 Å². The van der Waals surface area contributed by atoms with Crippen molar-refractivity contribution in [3.8, 4) is 0 Å². The molecule has 1 aromatic carbocycles. The summed E-state index contributed by atoms with van der Waals surface area (Å²) >= 11 is 5.23. The molecule has 0 amide bonds. The fourth-order valence-electron chi connectivity index (χ4n) is 1.58. The summed E-state index contributed by atoms with van der Waals surface area (Å²) in [5, 5.41) is 2.06. The van der Waals surface area contributed by atoms with Crippen LogP contribution in [-0.2, 0) is 0 Å². The molecular formula is C12H12BrNS. The second-order valence-corrected chi connectivity index (χ2v) is 5.28. The van der Waals surface area contributed by atoms with Crippen LogP contribution >= 0.6 is 27.3 Å². The minimum Gasteiger partial charge on any atom is -0.320 e. The first-order valence-corrected chi connectivity index (χ1v) is 6.41. The highest BCUT2D eigenvalue weighted by atomic mass is 79.9. The predicted octanol–water partition coefficient (Wildman–Crippen LogP) is 3.87. The number of thiophene rings is 1. The fourth-order valence-corrected chi connectivity index (χ4v) is 2.71. The molecule has 0 aliphatic heterocycles. The average Bonchev–Trinajstić information content (AvgIpc) is 2.74. The number of rotatable bonds is 2. The van der Waals surface area contributed by atoms with E-state index in [9.17, 15) is 0 Å². The molecule has 2 aromatic rings. The molecule has 0 aliphatic carbocycles. The molecule has 0 saturated carbocycles. The molecule has 0 spiro atoms. The van der Waals surface area contributed by atoms with E-state index >= 15 is 0 Å². The lowest BCUT2D eigenvalue weighted by Gasteiger charge is -2.14. The zero-order valence-corrected chi connectivity index (χ0v) is 10.8. The van der Waals surface area contributed by atoms with Crippen molar-refractivity contribution < 1.29 is 0 Å². The maximum Gasteiger partial charge on any atom is 0.0648 e. The Bertz CT molecular complexity index is 451. The smallest absolute Gasteiger partial charge is 0.0648 e. The van der Waals surface area contributed by atoms with Crippen molar-refractivity contribution in [2.45, 2.75) is 13.0 Å². The summed E-state index contributed by atoms with van der Waals surface area (Å²) in [6.45, 7) is 2.09. The highest BCUT2D eigenvalue weighted by Crippen LogP contribution is 2.29. The quantitative estimate of drug-likeness (QED) is 0.889. The Morgan fingerprint density at radius 2 is 2.07 bits per heavy atom. The molecule has 2 N–H and O–H groups in total. The van der Waals surface area contributed by atoms with Gasteiger partial charge in [0.25, 0.3) is 0 Å². The van der Waals surface area contributed by atoms with E-state index < -0.39 is 0 Å². The molecule has 0 fully saturated rings. The van der Waals surface area contributed by atoms with Gasteiger partial charge in [-0.2, -0.15) is 0 Å². The van der Waals surface area contributed by atoms with Crippen molar-refractivity contribution in [2.75, 3.05) is 0 Å². The third-order valence-electron chi connectivity index (χ3n) is 2.49. The van der Waals surface area contributed by atoms with E-state index in [2.05, 4.69) is 40.4 Å². The third kappa shape index (κ3) is 2.14. The largest absolute Gasteiger partial charge is 0.320 e. The SMILES string of the molecule is Cc1c(Br)cccc1C(N)c1cccs1. The Morgan fingerprint density at radius 1 is 1.27 bits per heavy atom.